The smallest absolute Gasteiger partial charge is 0.338 e. The highest BCUT2D eigenvalue weighted by Gasteiger charge is 2.33. The minimum Gasteiger partial charge on any atom is -0.459 e. The summed E-state index contributed by atoms with van der Waals surface area (Å²) >= 11 is 3.01. The van der Waals surface area contributed by atoms with Crippen LogP contribution in [0.2, 0.25) is 0 Å². The Labute approximate surface area is 202 Å². The van der Waals surface area contributed by atoms with Gasteiger partial charge in [-0.2, -0.15) is 0 Å². The predicted octanol–water partition coefficient (Wildman–Crippen LogP) is 4.12. The van der Waals surface area contributed by atoms with Crippen LogP contribution >= 0.6 is 23.5 Å². The average Bonchev–Trinajstić information content (AvgIpc) is 2.88. The van der Waals surface area contributed by atoms with E-state index in [1.165, 1.54) is 23.5 Å². The lowest BCUT2D eigenvalue weighted by Crippen LogP contribution is -2.44. The third kappa shape index (κ3) is 8.21. The van der Waals surface area contributed by atoms with Gasteiger partial charge in [0.15, 0.2) is 0 Å². The molecular weight excluding hydrogens is 456 g/mol. The zero-order valence-electron chi connectivity index (χ0n) is 18.1. The molecule has 0 amide bonds. The lowest BCUT2D eigenvalue weighted by Gasteiger charge is -2.29. The SMILES string of the molecule is O=C(OC[C@@H](O)[C@H](O)[C@H](O)C(SCc1ccccc1)SCc1ccccc1)c1ccccc1. The molecule has 3 atom stereocenters. The van der Waals surface area contributed by atoms with E-state index in [0.29, 0.717) is 17.1 Å². The fourth-order valence-electron chi connectivity index (χ4n) is 3.06. The van der Waals surface area contributed by atoms with Crippen LogP contribution in [-0.4, -0.2) is 50.8 Å². The third-order valence-electron chi connectivity index (χ3n) is 4.93. The maximum Gasteiger partial charge on any atom is 0.338 e. The number of esters is 1. The Bertz CT molecular complexity index is 913. The molecule has 5 nitrogen and oxygen atoms in total. The molecule has 0 aliphatic carbocycles. The van der Waals surface area contributed by atoms with Gasteiger partial charge in [0.2, 0.25) is 0 Å². The number of thioether (sulfide) groups is 2. The zero-order chi connectivity index (χ0) is 23.5. The fourth-order valence-corrected chi connectivity index (χ4v) is 5.66. The van der Waals surface area contributed by atoms with Crippen LogP contribution in [0.25, 0.3) is 0 Å². The molecule has 0 aromatic heterocycles. The average molecular weight is 485 g/mol. The van der Waals surface area contributed by atoms with E-state index in [2.05, 4.69) is 0 Å². The fraction of sp³-hybridized carbons (Fsp3) is 0.269. The van der Waals surface area contributed by atoms with E-state index in [-0.39, 0.29) is 0 Å². The molecule has 0 saturated heterocycles. The Morgan fingerprint density at radius 3 is 1.64 bits per heavy atom. The Morgan fingerprint density at radius 1 is 0.697 bits per heavy atom. The Hall–Kier alpha value is -2.29. The zero-order valence-corrected chi connectivity index (χ0v) is 19.7. The van der Waals surface area contributed by atoms with Crippen LogP contribution in [0.15, 0.2) is 91.0 Å². The maximum atomic E-state index is 12.1. The number of rotatable bonds is 12. The van der Waals surface area contributed by atoms with Crippen molar-refractivity contribution in [2.75, 3.05) is 6.61 Å². The minimum absolute atomic E-state index is 0.356. The molecule has 174 valence electrons. The Balaban J connectivity index is 1.59. The van der Waals surface area contributed by atoms with Gasteiger partial charge in [-0.1, -0.05) is 78.9 Å². The first-order valence-corrected chi connectivity index (χ1v) is 12.7. The van der Waals surface area contributed by atoms with E-state index in [9.17, 15) is 20.1 Å². The first-order chi connectivity index (χ1) is 16.0. The molecule has 0 bridgehead atoms. The summed E-state index contributed by atoms with van der Waals surface area (Å²) in [7, 11) is 0. The Morgan fingerprint density at radius 2 is 1.15 bits per heavy atom. The van der Waals surface area contributed by atoms with Gasteiger partial charge in [-0.15, -0.1) is 23.5 Å². The summed E-state index contributed by atoms with van der Waals surface area (Å²) in [5, 5.41) is 31.9. The lowest BCUT2D eigenvalue weighted by molar-refractivity contribution is -0.0747. The molecule has 33 heavy (non-hydrogen) atoms. The summed E-state index contributed by atoms with van der Waals surface area (Å²) in [5.41, 5.74) is 2.56. The van der Waals surface area contributed by atoms with Crippen molar-refractivity contribution in [2.24, 2.45) is 0 Å². The molecule has 3 N–H and O–H groups in total. The normalized spacial score (nSPS) is 13.9. The van der Waals surface area contributed by atoms with Crippen LogP contribution in [0.4, 0.5) is 0 Å². The molecule has 0 aliphatic rings. The first kappa shape index (κ1) is 25.3. The molecule has 0 radical (unpaired) electrons. The highest BCUT2D eigenvalue weighted by Crippen LogP contribution is 2.34. The van der Waals surface area contributed by atoms with Crippen molar-refractivity contribution in [3.05, 3.63) is 108 Å². The summed E-state index contributed by atoms with van der Waals surface area (Å²) in [6.45, 7) is -0.411. The van der Waals surface area contributed by atoms with E-state index in [1.54, 1.807) is 30.3 Å². The van der Waals surface area contributed by atoms with Crippen LogP contribution in [0.1, 0.15) is 21.5 Å². The van der Waals surface area contributed by atoms with Gasteiger partial charge in [-0.25, -0.2) is 4.79 Å². The van der Waals surface area contributed by atoms with E-state index >= 15 is 0 Å². The molecular formula is C26H28O5S2. The van der Waals surface area contributed by atoms with Crippen molar-refractivity contribution >= 4 is 29.5 Å². The molecule has 3 rings (SSSR count). The van der Waals surface area contributed by atoms with Crippen LogP contribution in [0, 0.1) is 0 Å². The van der Waals surface area contributed by atoms with E-state index in [4.69, 9.17) is 4.74 Å². The van der Waals surface area contributed by atoms with Crippen LogP contribution in [-0.2, 0) is 16.2 Å². The Kier molecular flexibility index (Phi) is 10.3. The van der Waals surface area contributed by atoms with Crippen molar-refractivity contribution in [2.45, 2.75) is 34.4 Å². The first-order valence-electron chi connectivity index (χ1n) is 10.6. The number of aliphatic hydroxyl groups is 3. The van der Waals surface area contributed by atoms with Crippen molar-refractivity contribution in [1.82, 2.24) is 0 Å². The molecule has 0 heterocycles. The van der Waals surface area contributed by atoms with Crippen LogP contribution < -0.4 is 0 Å². The predicted molar refractivity (Wildman–Crippen MR) is 134 cm³/mol. The van der Waals surface area contributed by atoms with Gasteiger partial charge in [0.05, 0.1) is 10.1 Å². The largest absolute Gasteiger partial charge is 0.459 e. The summed E-state index contributed by atoms with van der Waals surface area (Å²) in [4.78, 5) is 12.1. The highest BCUT2D eigenvalue weighted by molar-refractivity contribution is 8.16. The summed E-state index contributed by atoms with van der Waals surface area (Å²) in [6.07, 6.45) is -4.10. The second kappa shape index (κ2) is 13.4. The van der Waals surface area contributed by atoms with Gasteiger partial charge in [0, 0.05) is 11.5 Å². The number of hydrogen-bond donors (Lipinski definition) is 3. The van der Waals surface area contributed by atoms with Crippen LogP contribution in [0.5, 0.6) is 0 Å². The number of aliphatic hydroxyl groups excluding tert-OH is 3. The summed E-state index contributed by atoms with van der Waals surface area (Å²) < 4.78 is 4.72. The van der Waals surface area contributed by atoms with Gasteiger partial charge in [0.25, 0.3) is 0 Å². The van der Waals surface area contributed by atoms with Crippen molar-refractivity contribution in [1.29, 1.82) is 0 Å². The number of benzene rings is 3. The molecule has 3 aromatic rings. The standard InChI is InChI=1S/C26H28O5S2/c27-22(16-31-25(30)21-14-8-3-9-15-21)23(28)24(29)26(32-17-19-10-4-1-5-11-19)33-18-20-12-6-2-7-13-20/h1-15,22-24,26-29H,16-18H2/t22-,23+,24+/m1/s1. The van der Waals surface area contributed by atoms with Gasteiger partial charge >= 0.3 is 5.97 Å². The number of ether oxygens (including phenoxy) is 1. The second-order valence-electron chi connectivity index (χ2n) is 7.47. The van der Waals surface area contributed by atoms with Gasteiger partial charge in [-0.05, 0) is 23.3 Å². The third-order valence-corrected chi connectivity index (χ3v) is 7.96. The topological polar surface area (TPSA) is 87.0 Å². The monoisotopic (exact) mass is 484 g/mol. The quantitative estimate of drug-likeness (QED) is 0.263. The van der Waals surface area contributed by atoms with Crippen LogP contribution in [0.3, 0.4) is 0 Å². The molecule has 7 heteroatoms. The molecule has 0 saturated carbocycles. The second-order valence-corrected chi connectivity index (χ2v) is 10.0. The number of carbonyl (C=O) groups excluding carboxylic acids is 1. The van der Waals surface area contributed by atoms with E-state index < -0.39 is 35.5 Å². The lowest BCUT2D eigenvalue weighted by atomic mass is 10.1. The highest BCUT2D eigenvalue weighted by atomic mass is 32.2. The molecule has 0 unspecified atom stereocenters. The van der Waals surface area contributed by atoms with Gasteiger partial charge in [-0.3, -0.25) is 0 Å². The molecule has 0 spiro atoms. The summed E-state index contributed by atoms with van der Waals surface area (Å²) in [6, 6.07) is 28.2. The van der Waals surface area contributed by atoms with Gasteiger partial charge in [0.1, 0.15) is 24.9 Å². The minimum atomic E-state index is -1.47. The summed E-state index contributed by atoms with van der Waals surface area (Å²) in [5.74, 6) is 0.705. The molecule has 0 fully saturated rings. The molecule has 0 aliphatic heterocycles. The van der Waals surface area contributed by atoms with Crippen molar-refractivity contribution < 1.29 is 24.9 Å². The van der Waals surface area contributed by atoms with Gasteiger partial charge < -0.3 is 20.1 Å². The number of carbonyl (C=O) groups is 1. The van der Waals surface area contributed by atoms with Crippen molar-refractivity contribution in [3.63, 3.8) is 0 Å². The van der Waals surface area contributed by atoms with E-state index in [0.717, 1.165) is 11.1 Å². The maximum absolute atomic E-state index is 12.1. The number of hydrogen-bond acceptors (Lipinski definition) is 7. The molecule has 3 aromatic carbocycles. The van der Waals surface area contributed by atoms with E-state index in [1.807, 2.05) is 60.7 Å². The van der Waals surface area contributed by atoms with Crippen molar-refractivity contribution in [3.8, 4) is 0 Å².